The summed E-state index contributed by atoms with van der Waals surface area (Å²) in [5.41, 5.74) is 0.494. The number of rotatable bonds is 6. The monoisotopic (exact) mass is 266 g/mol. The van der Waals surface area contributed by atoms with Crippen molar-refractivity contribution in [2.75, 3.05) is 20.3 Å². The first-order chi connectivity index (χ1) is 9.17. The fourth-order valence-corrected chi connectivity index (χ4v) is 1.59. The molecular formula is C14H18O5. The van der Waals surface area contributed by atoms with Gasteiger partial charge in [-0.2, -0.15) is 0 Å². The maximum absolute atomic E-state index is 11.7. The number of aliphatic hydroxyl groups is 1. The zero-order valence-electron chi connectivity index (χ0n) is 11.3. The Morgan fingerprint density at radius 3 is 2.58 bits per heavy atom. The summed E-state index contributed by atoms with van der Waals surface area (Å²) in [5.74, 6) is 0.455. The van der Waals surface area contributed by atoms with E-state index in [4.69, 9.17) is 14.2 Å². The van der Waals surface area contributed by atoms with Crippen molar-refractivity contribution in [2.24, 2.45) is 0 Å². The van der Waals surface area contributed by atoms with Gasteiger partial charge in [-0.3, -0.25) is 0 Å². The summed E-state index contributed by atoms with van der Waals surface area (Å²) < 4.78 is 15.4. The highest BCUT2D eigenvalue weighted by molar-refractivity contribution is 6.17. The normalized spacial score (nSPS) is 11.0. The number of carbonyl (C=O) groups excluding carboxylic acids is 1. The van der Waals surface area contributed by atoms with Crippen LogP contribution >= 0.6 is 0 Å². The maximum atomic E-state index is 11.7. The molecule has 0 aliphatic heterocycles. The summed E-state index contributed by atoms with van der Waals surface area (Å²) in [5, 5.41) is 9.22. The van der Waals surface area contributed by atoms with Crippen molar-refractivity contribution < 1.29 is 24.1 Å². The zero-order chi connectivity index (χ0) is 14.3. The van der Waals surface area contributed by atoms with E-state index in [-0.39, 0.29) is 12.2 Å². The molecule has 0 aliphatic rings. The van der Waals surface area contributed by atoms with Crippen LogP contribution in [-0.2, 0) is 9.53 Å². The molecule has 1 rings (SSSR count). The highest BCUT2D eigenvalue weighted by Gasteiger charge is 2.18. The average Bonchev–Trinajstić information content (AvgIpc) is 2.41. The molecule has 1 N–H and O–H groups in total. The lowest BCUT2D eigenvalue weighted by molar-refractivity contribution is -0.136. The largest absolute Gasteiger partial charge is 0.515 e. The SMILES string of the molecule is CCOC(=O)C(=CO)c1ccc(OCC)cc1OC. The number of methoxy groups -OCH3 is 1. The molecule has 0 spiro atoms. The van der Waals surface area contributed by atoms with Crippen LogP contribution in [0.4, 0.5) is 0 Å². The third-order valence-electron chi connectivity index (χ3n) is 2.40. The molecule has 5 nitrogen and oxygen atoms in total. The quantitative estimate of drug-likeness (QED) is 0.487. The Kier molecular flexibility index (Phi) is 5.73. The molecule has 0 saturated carbocycles. The number of hydrogen-bond donors (Lipinski definition) is 1. The lowest BCUT2D eigenvalue weighted by Gasteiger charge is -2.12. The van der Waals surface area contributed by atoms with Gasteiger partial charge in [-0.1, -0.05) is 0 Å². The van der Waals surface area contributed by atoms with Crippen molar-refractivity contribution >= 4 is 11.5 Å². The van der Waals surface area contributed by atoms with Gasteiger partial charge in [-0.25, -0.2) is 4.79 Å². The van der Waals surface area contributed by atoms with Crippen molar-refractivity contribution in [1.29, 1.82) is 0 Å². The molecule has 0 radical (unpaired) electrons. The molecule has 0 unspecified atom stereocenters. The summed E-state index contributed by atoms with van der Waals surface area (Å²) in [7, 11) is 1.48. The van der Waals surface area contributed by atoms with Gasteiger partial charge in [-0.15, -0.1) is 0 Å². The fourth-order valence-electron chi connectivity index (χ4n) is 1.59. The van der Waals surface area contributed by atoms with Crippen LogP contribution in [0.15, 0.2) is 24.5 Å². The van der Waals surface area contributed by atoms with Crippen LogP contribution in [0.5, 0.6) is 11.5 Å². The molecular weight excluding hydrogens is 248 g/mol. The van der Waals surface area contributed by atoms with Crippen molar-refractivity contribution in [1.82, 2.24) is 0 Å². The van der Waals surface area contributed by atoms with Crippen LogP contribution in [0.25, 0.3) is 5.57 Å². The summed E-state index contributed by atoms with van der Waals surface area (Å²) >= 11 is 0. The molecule has 19 heavy (non-hydrogen) atoms. The van der Waals surface area contributed by atoms with E-state index >= 15 is 0 Å². The molecule has 0 heterocycles. The minimum Gasteiger partial charge on any atom is -0.515 e. The summed E-state index contributed by atoms with van der Waals surface area (Å²) in [6, 6.07) is 4.99. The lowest BCUT2D eigenvalue weighted by atomic mass is 10.1. The Morgan fingerprint density at radius 2 is 2.05 bits per heavy atom. The Hall–Kier alpha value is -2.17. The minimum absolute atomic E-state index is 0.0433. The van der Waals surface area contributed by atoms with Gasteiger partial charge in [0.25, 0.3) is 0 Å². The predicted molar refractivity (Wildman–Crippen MR) is 71.4 cm³/mol. The van der Waals surface area contributed by atoms with E-state index in [0.29, 0.717) is 23.7 Å². The third-order valence-corrected chi connectivity index (χ3v) is 2.40. The van der Waals surface area contributed by atoms with E-state index < -0.39 is 5.97 Å². The van der Waals surface area contributed by atoms with Gasteiger partial charge in [0, 0.05) is 11.6 Å². The maximum Gasteiger partial charge on any atom is 0.342 e. The summed E-state index contributed by atoms with van der Waals surface area (Å²) in [4.78, 5) is 11.7. The molecule has 0 aliphatic carbocycles. The topological polar surface area (TPSA) is 65.0 Å². The van der Waals surface area contributed by atoms with Crippen LogP contribution in [0, 0.1) is 0 Å². The number of benzene rings is 1. The second-order valence-corrected chi connectivity index (χ2v) is 3.56. The van der Waals surface area contributed by atoms with E-state index in [2.05, 4.69) is 0 Å². The van der Waals surface area contributed by atoms with Crippen LogP contribution in [0.3, 0.4) is 0 Å². The number of ether oxygens (including phenoxy) is 3. The molecule has 0 amide bonds. The van der Waals surface area contributed by atoms with E-state index in [9.17, 15) is 9.90 Å². The molecule has 0 atom stereocenters. The van der Waals surface area contributed by atoms with Gasteiger partial charge >= 0.3 is 5.97 Å². The first kappa shape index (κ1) is 14.9. The predicted octanol–water partition coefficient (Wildman–Crippen LogP) is 2.56. The van der Waals surface area contributed by atoms with Gasteiger partial charge in [0.05, 0.1) is 26.6 Å². The Labute approximate surface area is 112 Å². The van der Waals surface area contributed by atoms with E-state index in [0.717, 1.165) is 6.26 Å². The minimum atomic E-state index is -0.604. The van der Waals surface area contributed by atoms with Crippen LogP contribution < -0.4 is 9.47 Å². The smallest absolute Gasteiger partial charge is 0.342 e. The van der Waals surface area contributed by atoms with E-state index in [1.165, 1.54) is 7.11 Å². The Balaban J connectivity index is 3.14. The number of esters is 1. The molecule has 1 aromatic rings. The second kappa shape index (κ2) is 7.31. The molecule has 0 aromatic heterocycles. The Morgan fingerprint density at radius 1 is 1.32 bits per heavy atom. The number of carbonyl (C=O) groups is 1. The van der Waals surface area contributed by atoms with Gasteiger partial charge in [0.1, 0.15) is 17.1 Å². The summed E-state index contributed by atoms with van der Waals surface area (Å²) in [6.45, 7) is 4.33. The third kappa shape index (κ3) is 3.64. The van der Waals surface area contributed by atoms with E-state index in [1.54, 1.807) is 25.1 Å². The molecule has 1 aromatic carbocycles. The Bertz CT molecular complexity index is 465. The van der Waals surface area contributed by atoms with Crippen molar-refractivity contribution in [3.63, 3.8) is 0 Å². The standard InChI is InChI=1S/C14H18O5/c1-4-18-10-6-7-11(13(8-10)17-3)12(9-15)14(16)19-5-2/h6-9,15H,4-5H2,1-3H3. The molecule has 5 heteroatoms. The lowest BCUT2D eigenvalue weighted by Crippen LogP contribution is -2.08. The summed E-state index contributed by atoms with van der Waals surface area (Å²) in [6.07, 6.45) is 0.718. The number of hydrogen-bond acceptors (Lipinski definition) is 5. The van der Waals surface area contributed by atoms with Crippen molar-refractivity contribution in [3.05, 3.63) is 30.0 Å². The average molecular weight is 266 g/mol. The van der Waals surface area contributed by atoms with Gasteiger partial charge in [-0.05, 0) is 26.0 Å². The second-order valence-electron chi connectivity index (χ2n) is 3.56. The first-order valence-corrected chi connectivity index (χ1v) is 6.00. The van der Waals surface area contributed by atoms with Crippen LogP contribution in [0.2, 0.25) is 0 Å². The molecule has 0 saturated heterocycles. The van der Waals surface area contributed by atoms with Gasteiger partial charge in [0.15, 0.2) is 0 Å². The van der Waals surface area contributed by atoms with Crippen molar-refractivity contribution in [3.8, 4) is 11.5 Å². The van der Waals surface area contributed by atoms with Gasteiger partial charge < -0.3 is 19.3 Å². The molecule has 0 bridgehead atoms. The van der Waals surface area contributed by atoms with Gasteiger partial charge in [0.2, 0.25) is 0 Å². The first-order valence-electron chi connectivity index (χ1n) is 6.00. The molecule has 0 fully saturated rings. The highest BCUT2D eigenvalue weighted by Crippen LogP contribution is 2.30. The van der Waals surface area contributed by atoms with Crippen LogP contribution in [-0.4, -0.2) is 31.4 Å². The molecule has 104 valence electrons. The number of aliphatic hydroxyl groups excluding tert-OH is 1. The fraction of sp³-hybridized carbons (Fsp3) is 0.357. The van der Waals surface area contributed by atoms with E-state index in [1.807, 2.05) is 6.92 Å². The van der Waals surface area contributed by atoms with Crippen molar-refractivity contribution in [2.45, 2.75) is 13.8 Å². The highest BCUT2D eigenvalue weighted by atomic mass is 16.5. The van der Waals surface area contributed by atoms with Crippen LogP contribution in [0.1, 0.15) is 19.4 Å². The zero-order valence-corrected chi connectivity index (χ0v) is 11.3.